The van der Waals surface area contributed by atoms with Crippen molar-refractivity contribution in [3.8, 4) is 0 Å². The van der Waals surface area contributed by atoms with Gasteiger partial charge in [0.05, 0.1) is 0 Å². The number of amides is 1. The number of nitrogens with one attached hydrogen (secondary N) is 2. The molecule has 0 saturated carbocycles. The minimum atomic E-state index is 0. The van der Waals surface area contributed by atoms with E-state index < -0.39 is 0 Å². The molecule has 1 aliphatic rings. The van der Waals surface area contributed by atoms with Crippen molar-refractivity contribution >= 4 is 29.7 Å². The molecule has 102 valence electrons. The van der Waals surface area contributed by atoms with E-state index in [4.69, 9.17) is 0 Å². The average Bonchev–Trinajstić information content (AvgIpc) is 2.99. The van der Waals surface area contributed by atoms with Crippen LogP contribution >= 0.6 is 23.7 Å². The van der Waals surface area contributed by atoms with E-state index in [0.29, 0.717) is 12.5 Å². The molecule has 1 unspecified atom stereocenters. The van der Waals surface area contributed by atoms with Gasteiger partial charge in [-0.3, -0.25) is 4.79 Å². The topological polar surface area (TPSA) is 41.1 Å². The number of rotatable bonds is 6. The lowest BCUT2D eigenvalue weighted by Crippen LogP contribution is -2.37. The third-order valence-corrected chi connectivity index (χ3v) is 4.05. The van der Waals surface area contributed by atoms with Gasteiger partial charge in [-0.2, -0.15) is 0 Å². The van der Waals surface area contributed by atoms with Gasteiger partial charge in [-0.15, -0.1) is 23.7 Å². The maximum Gasteiger partial charge on any atom is 0.220 e. The van der Waals surface area contributed by atoms with Gasteiger partial charge in [-0.25, -0.2) is 0 Å². The Morgan fingerprint density at radius 1 is 1.56 bits per heavy atom. The second-order valence-corrected chi connectivity index (χ2v) is 5.56. The van der Waals surface area contributed by atoms with E-state index in [0.717, 1.165) is 25.9 Å². The van der Waals surface area contributed by atoms with Crippen molar-refractivity contribution in [3.63, 3.8) is 0 Å². The summed E-state index contributed by atoms with van der Waals surface area (Å²) in [6.07, 6.45) is 5.04. The van der Waals surface area contributed by atoms with E-state index in [-0.39, 0.29) is 18.3 Å². The first-order valence-electron chi connectivity index (χ1n) is 6.37. The van der Waals surface area contributed by atoms with E-state index >= 15 is 0 Å². The maximum atomic E-state index is 11.6. The molecular formula is C13H21ClN2OS. The summed E-state index contributed by atoms with van der Waals surface area (Å²) in [5.41, 5.74) is 0. The highest BCUT2D eigenvalue weighted by atomic mass is 35.5. The van der Waals surface area contributed by atoms with E-state index in [1.54, 1.807) is 11.3 Å². The van der Waals surface area contributed by atoms with Crippen molar-refractivity contribution in [1.82, 2.24) is 10.6 Å². The van der Waals surface area contributed by atoms with Crippen LogP contribution in [0.4, 0.5) is 0 Å². The normalized spacial score (nSPS) is 18.3. The van der Waals surface area contributed by atoms with Gasteiger partial charge in [-0.05, 0) is 43.7 Å². The molecule has 1 saturated heterocycles. The summed E-state index contributed by atoms with van der Waals surface area (Å²) >= 11 is 1.77. The average molecular weight is 289 g/mol. The summed E-state index contributed by atoms with van der Waals surface area (Å²) in [7, 11) is 0. The Morgan fingerprint density at radius 3 is 3.11 bits per heavy atom. The Kier molecular flexibility index (Phi) is 7.32. The molecule has 1 fully saturated rings. The third kappa shape index (κ3) is 5.38. The molecule has 2 rings (SSSR count). The first-order chi connectivity index (χ1) is 8.34. The summed E-state index contributed by atoms with van der Waals surface area (Å²) in [6.45, 7) is 1.89. The fourth-order valence-corrected chi connectivity index (χ4v) is 2.89. The van der Waals surface area contributed by atoms with Crippen molar-refractivity contribution in [2.45, 2.75) is 38.1 Å². The van der Waals surface area contributed by atoms with Crippen LogP contribution in [0, 0.1) is 0 Å². The van der Waals surface area contributed by atoms with Crippen molar-refractivity contribution in [3.05, 3.63) is 22.4 Å². The lowest BCUT2D eigenvalue weighted by atomic mass is 10.2. The largest absolute Gasteiger partial charge is 0.355 e. The fourth-order valence-electron chi connectivity index (χ4n) is 2.13. The van der Waals surface area contributed by atoms with Crippen LogP contribution in [-0.4, -0.2) is 25.0 Å². The summed E-state index contributed by atoms with van der Waals surface area (Å²) in [5.74, 6) is 0.190. The predicted octanol–water partition coefficient (Wildman–Crippen LogP) is 2.36. The molecule has 2 N–H and O–H groups in total. The Bertz CT molecular complexity index is 337. The molecule has 1 aromatic rings. The minimum Gasteiger partial charge on any atom is -0.355 e. The number of thiophene rings is 1. The highest BCUT2D eigenvalue weighted by Crippen LogP contribution is 2.11. The SMILES string of the molecule is Cl.O=C(CCCc1cccs1)NCC1CCCN1. The van der Waals surface area contributed by atoms with E-state index in [9.17, 15) is 4.79 Å². The molecule has 5 heteroatoms. The van der Waals surface area contributed by atoms with Crippen LogP contribution in [0.1, 0.15) is 30.6 Å². The first kappa shape index (κ1) is 15.5. The molecule has 0 aromatic carbocycles. The van der Waals surface area contributed by atoms with E-state index in [1.807, 2.05) is 0 Å². The molecule has 0 bridgehead atoms. The molecule has 0 aliphatic carbocycles. The smallest absolute Gasteiger partial charge is 0.220 e. The van der Waals surface area contributed by atoms with Crippen LogP contribution in [0.3, 0.4) is 0 Å². The van der Waals surface area contributed by atoms with E-state index in [2.05, 4.69) is 28.1 Å². The summed E-state index contributed by atoms with van der Waals surface area (Å²) in [6, 6.07) is 4.69. The number of halogens is 1. The lowest BCUT2D eigenvalue weighted by Gasteiger charge is -2.11. The number of hydrogen-bond acceptors (Lipinski definition) is 3. The highest BCUT2D eigenvalue weighted by Gasteiger charge is 2.14. The molecule has 1 aromatic heterocycles. The fraction of sp³-hybridized carbons (Fsp3) is 0.615. The van der Waals surface area contributed by atoms with Crippen molar-refractivity contribution < 1.29 is 4.79 Å². The quantitative estimate of drug-likeness (QED) is 0.844. The van der Waals surface area contributed by atoms with E-state index in [1.165, 1.54) is 17.7 Å². The lowest BCUT2D eigenvalue weighted by molar-refractivity contribution is -0.121. The summed E-state index contributed by atoms with van der Waals surface area (Å²) in [5, 5.41) is 8.47. The van der Waals surface area contributed by atoms with Crippen molar-refractivity contribution in [1.29, 1.82) is 0 Å². The van der Waals surface area contributed by atoms with Gasteiger partial charge >= 0.3 is 0 Å². The zero-order valence-corrected chi connectivity index (χ0v) is 12.1. The van der Waals surface area contributed by atoms with Gasteiger partial charge in [0.2, 0.25) is 5.91 Å². The Morgan fingerprint density at radius 2 is 2.44 bits per heavy atom. The number of aryl methyl sites for hydroxylation is 1. The zero-order valence-electron chi connectivity index (χ0n) is 10.5. The van der Waals surface area contributed by atoms with Crippen molar-refractivity contribution in [2.75, 3.05) is 13.1 Å². The first-order valence-corrected chi connectivity index (χ1v) is 7.25. The third-order valence-electron chi connectivity index (χ3n) is 3.12. The zero-order chi connectivity index (χ0) is 11.9. The number of hydrogen-bond donors (Lipinski definition) is 2. The molecule has 0 radical (unpaired) electrons. The Balaban J connectivity index is 0.00000162. The molecule has 1 amide bonds. The van der Waals surface area contributed by atoms with Crippen LogP contribution in [-0.2, 0) is 11.2 Å². The van der Waals surface area contributed by atoms with Gasteiger partial charge in [0.1, 0.15) is 0 Å². The molecule has 2 heterocycles. The number of carbonyl (C=O) groups excluding carboxylic acids is 1. The Hall–Kier alpha value is -0.580. The molecule has 3 nitrogen and oxygen atoms in total. The molecule has 1 atom stereocenters. The Labute approximate surface area is 119 Å². The molecular weight excluding hydrogens is 268 g/mol. The van der Waals surface area contributed by atoms with Crippen LogP contribution in [0.5, 0.6) is 0 Å². The van der Waals surface area contributed by atoms with Gasteiger partial charge < -0.3 is 10.6 Å². The highest BCUT2D eigenvalue weighted by molar-refractivity contribution is 7.09. The second-order valence-electron chi connectivity index (χ2n) is 4.53. The van der Waals surface area contributed by atoms with Crippen LogP contribution in [0.15, 0.2) is 17.5 Å². The monoisotopic (exact) mass is 288 g/mol. The summed E-state index contributed by atoms with van der Waals surface area (Å²) < 4.78 is 0. The number of carbonyl (C=O) groups is 1. The molecule has 1 aliphatic heterocycles. The molecule has 0 spiro atoms. The van der Waals surface area contributed by atoms with Crippen LogP contribution in [0.25, 0.3) is 0 Å². The van der Waals surface area contributed by atoms with Crippen LogP contribution in [0.2, 0.25) is 0 Å². The standard InChI is InChI=1S/C13H20N2OS.ClH/c16-13(15-10-11-4-2-8-14-11)7-1-5-12-6-3-9-17-12;/h3,6,9,11,14H,1-2,4-5,7-8,10H2,(H,15,16);1H. The van der Waals surface area contributed by atoms with Crippen molar-refractivity contribution in [2.24, 2.45) is 0 Å². The van der Waals surface area contributed by atoms with Gasteiger partial charge in [0, 0.05) is 23.9 Å². The maximum absolute atomic E-state index is 11.6. The molecule has 18 heavy (non-hydrogen) atoms. The van der Waals surface area contributed by atoms with Gasteiger partial charge in [0.25, 0.3) is 0 Å². The summed E-state index contributed by atoms with van der Waals surface area (Å²) in [4.78, 5) is 13.0. The van der Waals surface area contributed by atoms with Gasteiger partial charge in [-0.1, -0.05) is 6.07 Å². The van der Waals surface area contributed by atoms with Gasteiger partial charge in [0.15, 0.2) is 0 Å². The minimum absolute atomic E-state index is 0. The van der Waals surface area contributed by atoms with Crippen LogP contribution < -0.4 is 10.6 Å². The predicted molar refractivity (Wildman–Crippen MR) is 78.5 cm³/mol. The second kappa shape index (κ2) is 8.51.